The first kappa shape index (κ1) is 21.8. The van der Waals surface area contributed by atoms with E-state index >= 15 is 0 Å². The highest BCUT2D eigenvalue weighted by Crippen LogP contribution is 2.37. The number of aromatic nitrogens is 1. The molecule has 1 aromatic heterocycles. The van der Waals surface area contributed by atoms with Gasteiger partial charge in [0.1, 0.15) is 0 Å². The normalized spacial score (nSPS) is 18.2. The van der Waals surface area contributed by atoms with Crippen molar-refractivity contribution in [2.75, 3.05) is 19.6 Å². The number of nitrogens with zero attached hydrogens (tertiary/aromatic N) is 2. The zero-order valence-corrected chi connectivity index (χ0v) is 18.5. The molecular formula is C27H29N3O2. The Morgan fingerprint density at radius 3 is 2.56 bits per heavy atom. The van der Waals surface area contributed by atoms with E-state index in [1.807, 2.05) is 42.2 Å². The maximum Gasteiger partial charge on any atom is 0.255 e. The minimum atomic E-state index is -0.670. The third-order valence-corrected chi connectivity index (χ3v) is 6.22. The van der Waals surface area contributed by atoms with Crippen LogP contribution in [-0.2, 0) is 11.2 Å². The lowest BCUT2D eigenvalue weighted by Gasteiger charge is -2.42. The zero-order chi connectivity index (χ0) is 22.4. The van der Waals surface area contributed by atoms with Crippen LogP contribution in [0.1, 0.15) is 35.7 Å². The van der Waals surface area contributed by atoms with Gasteiger partial charge in [-0.05, 0) is 55.0 Å². The van der Waals surface area contributed by atoms with Crippen molar-refractivity contribution in [3.63, 3.8) is 0 Å². The predicted molar refractivity (Wildman–Crippen MR) is 126 cm³/mol. The average Bonchev–Trinajstić information content (AvgIpc) is 2.85. The first-order valence-electron chi connectivity index (χ1n) is 11.2. The molecule has 32 heavy (non-hydrogen) atoms. The number of carbonyl (C=O) groups is 2. The first-order chi connectivity index (χ1) is 15.6. The summed E-state index contributed by atoms with van der Waals surface area (Å²) in [6.07, 6.45) is 5.37. The Kier molecular flexibility index (Phi) is 6.64. The van der Waals surface area contributed by atoms with Gasteiger partial charge in [0.2, 0.25) is 5.91 Å². The summed E-state index contributed by atoms with van der Waals surface area (Å²) in [5, 5.41) is 3.05. The van der Waals surface area contributed by atoms with Crippen molar-refractivity contribution in [1.82, 2.24) is 15.2 Å². The van der Waals surface area contributed by atoms with Crippen LogP contribution < -0.4 is 5.32 Å². The minimum absolute atomic E-state index is 0.0200. The number of likely N-dealkylation sites (tertiary alicyclic amines) is 1. The van der Waals surface area contributed by atoms with Gasteiger partial charge in [0.15, 0.2) is 0 Å². The Labute approximate surface area is 189 Å². The van der Waals surface area contributed by atoms with Crippen LogP contribution in [0, 0.1) is 5.41 Å². The third-order valence-electron chi connectivity index (χ3n) is 6.22. The fourth-order valence-corrected chi connectivity index (χ4v) is 4.67. The SMILES string of the molecule is CCNC(=O)[C@@]1(Cc2ccccc2-c2ccccc2)CCCN(C(=O)c2cccnc2)C1. The molecule has 5 heteroatoms. The van der Waals surface area contributed by atoms with Gasteiger partial charge in [0.25, 0.3) is 5.91 Å². The Hall–Kier alpha value is -3.47. The molecule has 1 N–H and O–H groups in total. The van der Waals surface area contributed by atoms with Gasteiger partial charge in [-0.25, -0.2) is 0 Å². The molecule has 2 aromatic carbocycles. The van der Waals surface area contributed by atoms with E-state index in [0.29, 0.717) is 31.6 Å². The number of amides is 2. The number of piperidine rings is 1. The van der Waals surface area contributed by atoms with E-state index in [-0.39, 0.29) is 11.8 Å². The number of hydrogen-bond acceptors (Lipinski definition) is 3. The van der Waals surface area contributed by atoms with E-state index in [1.165, 1.54) is 0 Å². The van der Waals surface area contributed by atoms with Crippen molar-refractivity contribution in [2.24, 2.45) is 5.41 Å². The van der Waals surface area contributed by atoms with Crippen LogP contribution in [0.2, 0.25) is 0 Å². The number of rotatable bonds is 6. The number of nitrogens with one attached hydrogen (secondary N) is 1. The molecule has 2 heterocycles. The number of benzene rings is 2. The van der Waals surface area contributed by atoms with Crippen LogP contribution in [0.3, 0.4) is 0 Å². The zero-order valence-electron chi connectivity index (χ0n) is 18.5. The molecule has 0 aliphatic carbocycles. The molecule has 0 saturated carbocycles. The standard InChI is InChI=1S/C27H29N3O2/c1-2-29-26(32)27(15-9-17-30(20-27)25(31)23-13-8-16-28-19-23)18-22-12-6-7-14-24(22)21-10-4-3-5-11-21/h3-8,10-14,16,19H,2,9,15,17-18,20H2,1H3,(H,29,32)/t27-/m1/s1. The Balaban J connectivity index is 1.68. The van der Waals surface area contributed by atoms with Crippen LogP contribution in [0.4, 0.5) is 0 Å². The summed E-state index contributed by atoms with van der Waals surface area (Å²) < 4.78 is 0. The van der Waals surface area contributed by atoms with Crippen molar-refractivity contribution >= 4 is 11.8 Å². The van der Waals surface area contributed by atoms with Gasteiger partial charge in [-0.1, -0.05) is 54.6 Å². The summed E-state index contributed by atoms with van der Waals surface area (Å²) in [6.45, 7) is 3.55. The minimum Gasteiger partial charge on any atom is -0.356 e. The van der Waals surface area contributed by atoms with E-state index in [2.05, 4.69) is 34.6 Å². The largest absolute Gasteiger partial charge is 0.356 e. The van der Waals surface area contributed by atoms with Gasteiger partial charge in [0.05, 0.1) is 11.0 Å². The molecule has 1 fully saturated rings. The number of pyridine rings is 1. The van der Waals surface area contributed by atoms with E-state index in [0.717, 1.165) is 29.5 Å². The van der Waals surface area contributed by atoms with Crippen molar-refractivity contribution in [1.29, 1.82) is 0 Å². The highest BCUT2D eigenvalue weighted by Gasteiger charge is 2.43. The van der Waals surface area contributed by atoms with Gasteiger partial charge >= 0.3 is 0 Å². The summed E-state index contributed by atoms with van der Waals surface area (Å²) in [6, 6.07) is 22.1. The Morgan fingerprint density at radius 2 is 1.81 bits per heavy atom. The quantitative estimate of drug-likeness (QED) is 0.636. The van der Waals surface area contributed by atoms with Gasteiger partial charge < -0.3 is 10.2 Å². The smallest absolute Gasteiger partial charge is 0.255 e. The lowest BCUT2D eigenvalue weighted by Crippen LogP contribution is -2.54. The average molecular weight is 428 g/mol. The van der Waals surface area contributed by atoms with E-state index < -0.39 is 5.41 Å². The molecule has 1 saturated heterocycles. The lowest BCUT2D eigenvalue weighted by atomic mass is 9.73. The molecule has 1 atom stereocenters. The summed E-state index contributed by atoms with van der Waals surface area (Å²) in [7, 11) is 0. The molecule has 1 aliphatic rings. The first-order valence-corrected chi connectivity index (χ1v) is 11.2. The molecule has 5 nitrogen and oxygen atoms in total. The molecule has 1 aliphatic heterocycles. The third kappa shape index (κ3) is 4.57. The van der Waals surface area contributed by atoms with Gasteiger partial charge in [-0.3, -0.25) is 14.6 Å². The molecule has 0 radical (unpaired) electrons. The predicted octanol–water partition coefficient (Wildman–Crippen LogP) is 4.35. The Bertz CT molecular complexity index is 1070. The maximum atomic E-state index is 13.4. The maximum absolute atomic E-state index is 13.4. The summed E-state index contributed by atoms with van der Waals surface area (Å²) in [5.41, 5.74) is 3.28. The van der Waals surface area contributed by atoms with Crippen LogP contribution >= 0.6 is 0 Å². The van der Waals surface area contributed by atoms with Gasteiger partial charge in [-0.2, -0.15) is 0 Å². The van der Waals surface area contributed by atoms with Crippen LogP contribution in [0.25, 0.3) is 11.1 Å². The van der Waals surface area contributed by atoms with Crippen molar-refractivity contribution < 1.29 is 9.59 Å². The number of hydrogen-bond donors (Lipinski definition) is 1. The fraction of sp³-hybridized carbons (Fsp3) is 0.296. The molecule has 164 valence electrons. The molecule has 2 amide bonds. The van der Waals surface area contributed by atoms with E-state index in [1.54, 1.807) is 24.5 Å². The van der Waals surface area contributed by atoms with Gasteiger partial charge in [-0.15, -0.1) is 0 Å². The molecular weight excluding hydrogens is 398 g/mol. The highest BCUT2D eigenvalue weighted by molar-refractivity contribution is 5.94. The molecule has 0 unspecified atom stereocenters. The fourth-order valence-electron chi connectivity index (χ4n) is 4.67. The van der Waals surface area contributed by atoms with Crippen molar-refractivity contribution in [3.05, 3.63) is 90.3 Å². The van der Waals surface area contributed by atoms with Gasteiger partial charge in [0, 0.05) is 32.0 Å². The topological polar surface area (TPSA) is 62.3 Å². The second kappa shape index (κ2) is 9.77. The Morgan fingerprint density at radius 1 is 1.03 bits per heavy atom. The summed E-state index contributed by atoms with van der Waals surface area (Å²) >= 11 is 0. The monoisotopic (exact) mass is 427 g/mol. The van der Waals surface area contributed by atoms with E-state index in [9.17, 15) is 9.59 Å². The molecule has 0 bridgehead atoms. The highest BCUT2D eigenvalue weighted by atomic mass is 16.2. The summed E-state index contributed by atoms with van der Waals surface area (Å²) in [4.78, 5) is 32.5. The van der Waals surface area contributed by atoms with Crippen LogP contribution in [0.15, 0.2) is 79.1 Å². The van der Waals surface area contributed by atoms with Crippen molar-refractivity contribution in [2.45, 2.75) is 26.2 Å². The molecule has 3 aromatic rings. The molecule has 0 spiro atoms. The van der Waals surface area contributed by atoms with E-state index in [4.69, 9.17) is 0 Å². The van der Waals surface area contributed by atoms with Crippen LogP contribution in [-0.4, -0.2) is 41.3 Å². The lowest BCUT2D eigenvalue weighted by molar-refractivity contribution is -0.133. The van der Waals surface area contributed by atoms with Crippen LogP contribution in [0.5, 0.6) is 0 Å². The van der Waals surface area contributed by atoms with Crippen molar-refractivity contribution in [3.8, 4) is 11.1 Å². The second-order valence-corrected chi connectivity index (χ2v) is 8.41. The second-order valence-electron chi connectivity index (χ2n) is 8.41. The number of carbonyl (C=O) groups excluding carboxylic acids is 2. The summed E-state index contributed by atoms with van der Waals surface area (Å²) in [5.74, 6) is -0.0469. The molecule has 4 rings (SSSR count).